The highest BCUT2D eigenvalue weighted by molar-refractivity contribution is 7.23. The molecule has 0 radical (unpaired) electrons. The fraction of sp³-hybridized carbons (Fsp3) is 0. The quantitative estimate of drug-likeness (QED) is 0.484. The zero-order valence-corrected chi connectivity index (χ0v) is 14.0. The van der Waals surface area contributed by atoms with Gasteiger partial charge in [-0.15, -0.1) is 11.3 Å². The summed E-state index contributed by atoms with van der Waals surface area (Å²) < 4.78 is 0.943. The zero-order chi connectivity index (χ0) is 17.4. The lowest BCUT2D eigenvalue weighted by molar-refractivity contribution is 0.112. The molecule has 0 spiro atoms. The van der Waals surface area contributed by atoms with Gasteiger partial charge in [-0.05, 0) is 53.6 Å². The molecule has 1 heterocycles. The molecule has 0 aliphatic heterocycles. The number of fused-ring (bicyclic) bond motifs is 1. The van der Waals surface area contributed by atoms with E-state index in [1.165, 1.54) is 0 Å². The number of carbonyl (C=O) groups excluding carboxylic acids is 1. The number of thiophene rings is 1. The van der Waals surface area contributed by atoms with E-state index in [9.17, 15) is 15.0 Å². The Morgan fingerprint density at radius 3 is 2.32 bits per heavy atom. The molecule has 0 aliphatic carbocycles. The molecule has 0 bridgehead atoms. The second-order valence-electron chi connectivity index (χ2n) is 5.74. The van der Waals surface area contributed by atoms with Crippen molar-refractivity contribution in [1.29, 1.82) is 0 Å². The van der Waals surface area contributed by atoms with Crippen LogP contribution < -0.4 is 0 Å². The van der Waals surface area contributed by atoms with Crippen LogP contribution in [0.2, 0.25) is 0 Å². The van der Waals surface area contributed by atoms with Crippen molar-refractivity contribution in [2.45, 2.75) is 0 Å². The molecule has 25 heavy (non-hydrogen) atoms. The summed E-state index contributed by atoms with van der Waals surface area (Å²) in [4.78, 5) is 12.5. The Morgan fingerprint density at radius 1 is 0.840 bits per heavy atom. The Morgan fingerprint density at radius 2 is 1.56 bits per heavy atom. The van der Waals surface area contributed by atoms with Crippen molar-refractivity contribution in [1.82, 2.24) is 0 Å². The molecule has 2 N–H and O–H groups in total. The number of carbonyl (C=O) groups is 1. The van der Waals surface area contributed by atoms with Crippen molar-refractivity contribution in [3.63, 3.8) is 0 Å². The second-order valence-corrected chi connectivity index (χ2v) is 6.79. The minimum Gasteiger partial charge on any atom is -0.508 e. The van der Waals surface area contributed by atoms with E-state index in [1.807, 2.05) is 36.4 Å². The molecule has 3 nitrogen and oxygen atoms in total. The molecule has 0 fully saturated rings. The summed E-state index contributed by atoms with van der Waals surface area (Å²) >= 11 is 1.55. The number of benzene rings is 3. The Balaban J connectivity index is 2.08. The third-order valence-corrected chi connectivity index (χ3v) is 5.36. The van der Waals surface area contributed by atoms with Gasteiger partial charge in [0, 0.05) is 26.1 Å². The first-order valence-electron chi connectivity index (χ1n) is 7.77. The van der Waals surface area contributed by atoms with Gasteiger partial charge in [-0.3, -0.25) is 4.79 Å². The highest BCUT2D eigenvalue weighted by atomic mass is 32.1. The third kappa shape index (κ3) is 2.66. The zero-order valence-electron chi connectivity index (χ0n) is 13.1. The van der Waals surface area contributed by atoms with E-state index in [2.05, 4.69) is 0 Å². The maximum absolute atomic E-state index is 11.5. The third-order valence-electron chi connectivity index (χ3n) is 4.16. The molecular weight excluding hydrogens is 332 g/mol. The van der Waals surface area contributed by atoms with Gasteiger partial charge in [-0.1, -0.05) is 24.3 Å². The Labute approximate surface area is 148 Å². The van der Waals surface area contributed by atoms with Crippen LogP contribution in [-0.4, -0.2) is 16.5 Å². The number of hydrogen-bond donors (Lipinski definition) is 2. The Hall–Kier alpha value is -3.11. The van der Waals surface area contributed by atoms with E-state index in [1.54, 1.807) is 41.7 Å². The van der Waals surface area contributed by atoms with Crippen LogP contribution in [0.3, 0.4) is 0 Å². The highest BCUT2D eigenvalue weighted by Gasteiger charge is 2.18. The maximum Gasteiger partial charge on any atom is 0.150 e. The predicted molar refractivity (Wildman–Crippen MR) is 101 cm³/mol. The number of rotatable bonds is 3. The van der Waals surface area contributed by atoms with Gasteiger partial charge < -0.3 is 10.2 Å². The lowest BCUT2D eigenvalue weighted by Gasteiger charge is -2.08. The van der Waals surface area contributed by atoms with Gasteiger partial charge in [-0.2, -0.15) is 0 Å². The first-order valence-corrected chi connectivity index (χ1v) is 8.58. The van der Waals surface area contributed by atoms with Gasteiger partial charge >= 0.3 is 0 Å². The molecule has 0 atom stereocenters. The lowest BCUT2D eigenvalue weighted by Crippen LogP contribution is -1.88. The molecule has 1 aromatic heterocycles. The molecule has 4 rings (SSSR count). The topological polar surface area (TPSA) is 57.5 Å². The summed E-state index contributed by atoms with van der Waals surface area (Å²) in [5.41, 5.74) is 3.40. The first-order chi connectivity index (χ1) is 12.2. The average molecular weight is 346 g/mol. The number of phenols is 2. The van der Waals surface area contributed by atoms with Crippen molar-refractivity contribution in [2.24, 2.45) is 0 Å². The van der Waals surface area contributed by atoms with E-state index in [4.69, 9.17) is 0 Å². The van der Waals surface area contributed by atoms with E-state index in [-0.39, 0.29) is 11.5 Å². The van der Waals surface area contributed by atoms with Crippen LogP contribution in [0.15, 0.2) is 66.7 Å². The Bertz CT molecular complexity index is 1080. The number of aromatic hydroxyl groups is 2. The first kappa shape index (κ1) is 15.4. The van der Waals surface area contributed by atoms with Gasteiger partial charge in [-0.25, -0.2) is 0 Å². The average Bonchev–Trinajstić information content (AvgIpc) is 3.00. The van der Waals surface area contributed by atoms with Crippen LogP contribution in [0, 0.1) is 0 Å². The van der Waals surface area contributed by atoms with Gasteiger partial charge in [0.25, 0.3) is 0 Å². The monoisotopic (exact) mass is 346 g/mol. The van der Waals surface area contributed by atoms with Crippen LogP contribution in [0.4, 0.5) is 0 Å². The second kappa shape index (κ2) is 6.07. The molecule has 4 heteroatoms. The fourth-order valence-corrected chi connectivity index (χ4v) is 4.25. The number of aldehydes is 1. The smallest absolute Gasteiger partial charge is 0.150 e. The molecular formula is C21H14O3S. The van der Waals surface area contributed by atoms with Crippen molar-refractivity contribution in [2.75, 3.05) is 0 Å². The van der Waals surface area contributed by atoms with Crippen molar-refractivity contribution in [3.05, 3.63) is 72.3 Å². The molecule has 0 saturated heterocycles. The van der Waals surface area contributed by atoms with E-state index < -0.39 is 0 Å². The normalized spacial score (nSPS) is 10.9. The summed E-state index contributed by atoms with van der Waals surface area (Å²) in [6.07, 6.45) is 0.861. The van der Waals surface area contributed by atoms with Gasteiger partial charge in [0.2, 0.25) is 0 Å². The summed E-state index contributed by atoms with van der Waals surface area (Å²) in [6.45, 7) is 0. The van der Waals surface area contributed by atoms with Crippen LogP contribution in [0.1, 0.15) is 10.4 Å². The molecule has 0 unspecified atom stereocenters. The van der Waals surface area contributed by atoms with Crippen LogP contribution >= 0.6 is 11.3 Å². The molecule has 4 aromatic rings. The van der Waals surface area contributed by atoms with Gasteiger partial charge in [0.05, 0.1) is 0 Å². The van der Waals surface area contributed by atoms with Crippen LogP contribution in [-0.2, 0) is 0 Å². The number of phenolic OH excluding ortho intramolecular Hbond substituents is 2. The lowest BCUT2D eigenvalue weighted by atomic mass is 9.95. The van der Waals surface area contributed by atoms with Crippen LogP contribution in [0.25, 0.3) is 31.7 Å². The standard InChI is InChI=1S/C21H14O3S/c22-12-14-3-1-2-4-17(14)20-18-10-9-16(24)11-19(18)25-21(20)13-5-7-15(23)8-6-13/h1-12,23-24H. The largest absolute Gasteiger partial charge is 0.508 e. The fourth-order valence-electron chi connectivity index (χ4n) is 3.00. The van der Waals surface area contributed by atoms with E-state index in [0.29, 0.717) is 5.56 Å². The summed E-state index contributed by atoms with van der Waals surface area (Å²) in [5, 5.41) is 20.4. The summed E-state index contributed by atoms with van der Waals surface area (Å²) in [7, 11) is 0. The van der Waals surface area contributed by atoms with Crippen molar-refractivity contribution >= 4 is 27.7 Å². The van der Waals surface area contributed by atoms with E-state index >= 15 is 0 Å². The highest BCUT2D eigenvalue weighted by Crippen LogP contribution is 2.46. The predicted octanol–water partition coefficient (Wildman–Crippen LogP) is 5.46. The molecule has 0 saturated carbocycles. The minimum atomic E-state index is 0.206. The molecule has 0 aliphatic rings. The molecule has 0 amide bonds. The summed E-state index contributed by atoms with van der Waals surface area (Å²) in [6, 6.07) is 19.7. The van der Waals surface area contributed by atoms with Gasteiger partial charge in [0.1, 0.15) is 11.5 Å². The Kier molecular flexibility index (Phi) is 3.75. The summed E-state index contributed by atoms with van der Waals surface area (Å²) in [5.74, 6) is 0.415. The molecule has 122 valence electrons. The van der Waals surface area contributed by atoms with Gasteiger partial charge in [0.15, 0.2) is 6.29 Å². The minimum absolute atomic E-state index is 0.206. The van der Waals surface area contributed by atoms with Crippen LogP contribution in [0.5, 0.6) is 11.5 Å². The number of hydrogen-bond acceptors (Lipinski definition) is 4. The molecule has 3 aromatic carbocycles. The maximum atomic E-state index is 11.5. The van der Waals surface area contributed by atoms with E-state index in [0.717, 1.165) is 37.9 Å². The van der Waals surface area contributed by atoms with Crippen molar-refractivity contribution < 1.29 is 15.0 Å². The van der Waals surface area contributed by atoms with Crippen molar-refractivity contribution in [3.8, 4) is 33.1 Å². The SMILES string of the molecule is O=Cc1ccccc1-c1c(-c2ccc(O)cc2)sc2cc(O)ccc12.